The van der Waals surface area contributed by atoms with Crippen molar-refractivity contribution >= 4 is 22.6 Å². The van der Waals surface area contributed by atoms with Crippen LogP contribution in [0.15, 0.2) is 12.3 Å². The molecule has 1 aromatic rings. The third-order valence-electron chi connectivity index (χ3n) is 1.73. The van der Waals surface area contributed by atoms with Gasteiger partial charge in [0.1, 0.15) is 0 Å². The molecule has 1 rings (SSSR count). The average molecular weight is 263 g/mol. The van der Waals surface area contributed by atoms with E-state index in [0.717, 1.165) is 0 Å². The van der Waals surface area contributed by atoms with E-state index in [4.69, 9.17) is 0 Å². The lowest BCUT2D eigenvalue weighted by molar-refractivity contribution is 0.390. The Bertz CT molecular complexity index is 255. The van der Waals surface area contributed by atoms with Gasteiger partial charge < -0.3 is 4.57 Å². The van der Waals surface area contributed by atoms with Crippen molar-refractivity contribution < 1.29 is 0 Å². The molecule has 0 aliphatic rings. The zero-order chi connectivity index (χ0) is 8.65. The minimum absolute atomic E-state index is 0.213. The van der Waals surface area contributed by atoms with Crippen molar-refractivity contribution in [1.29, 1.82) is 0 Å². The minimum atomic E-state index is 0.213. The number of rotatable bonds is 0. The zero-order valence-electron chi connectivity index (χ0n) is 7.48. The summed E-state index contributed by atoms with van der Waals surface area (Å²) in [6.07, 6.45) is 2.15. The van der Waals surface area contributed by atoms with Crippen LogP contribution in [0.4, 0.5) is 0 Å². The molecular weight excluding hydrogens is 249 g/mol. The summed E-state index contributed by atoms with van der Waals surface area (Å²) in [4.78, 5) is 0. The molecule has 0 saturated heterocycles. The third-order valence-corrected chi connectivity index (χ3v) is 3.10. The van der Waals surface area contributed by atoms with Crippen LogP contribution in [0.5, 0.6) is 0 Å². The van der Waals surface area contributed by atoms with Crippen LogP contribution in [-0.2, 0) is 5.54 Å². The Labute approximate surface area is 81.9 Å². The summed E-state index contributed by atoms with van der Waals surface area (Å²) in [6.45, 7) is 8.79. The smallest absolute Gasteiger partial charge is 0.0832 e. The van der Waals surface area contributed by atoms with Crippen molar-refractivity contribution in [2.75, 3.05) is 0 Å². The lowest BCUT2D eigenvalue weighted by atomic mass is 10.1. The summed E-state index contributed by atoms with van der Waals surface area (Å²) >= 11 is 2.39. The highest BCUT2D eigenvalue weighted by Gasteiger charge is 2.15. The lowest BCUT2D eigenvalue weighted by Gasteiger charge is -2.22. The van der Waals surface area contributed by atoms with Gasteiger partial charge in [0.25, 0.3) is 0 Å². The largest absolute Gasteiger partial charge is 0.338 e. The summed E-state index contributed by atoms with van der Waals surface area (Å²) in [7, 11) is 0. The predicted molar refractivity (Wildman–Crippen MR) is 56.9 cm³/mol. The van der Waals surface area contributed by atoms with E-state index in [0.29, 0.717) is 0 Å². The second kappa shape index (κ2) is 2.81. The Kier molecular flexibility index (Phi) is 2.32. The SMILES string of the molecule is Cc1ccn(C(C)(C)C)c1I. The van der Waals surface area contributed by atoms with Crippen LogP contribution in [0.25, 0.3) is 0 Å². The van der Waals surface area contributed by atoms with Gasteiger partial charge in [0, 0.05) is 11.7 Å². The van der Waals surface area contributed by atoms with Gasteiger partial charge in [0.05, 0.1) is 3.70 Å². The normalized spacial score (nSPS) is 12.1. The molecule has 11 heavy (non-hydrogen) atoms. The van der Waals surface area contributed by atoms with Gasteiger partial charge in [-0.15, -0.1) is 0 Å². The van der Waals surface area contributed by atoms with Crippen LogP contribution < -0.4 is 0 Å². The van der Waals surface area contributed by atoms with Crippen LogP contribution in [0.1, 0.15) is 26.3 Å². The fourth-order valence-corrected chi connectivity index (χ4v) is 2.09. The monoisotopic (exact) mass is 263 g/mol. The minimum Gasteiger partial charge on any atom is -0.338 e. The topological polar surface area (TPSA) is 4.93 Å². The first kappa shape index (κ1) is 9.10. The van der Waals surface area contributed by atoms with Gasteiger partial charge in [-0.2, -0.15) is 0 Å². The van der Waals surface area contributed by atoms with Gasteiger partial charge in [-0.3, -0.25) is 0 Å². The van der Waals surface area contributed by atoms with Crippen LogP contribution in [-0.4, -0.2) is 4.57 Å². The zero-order valence-corrected chi connectivity index (χ0v) is 9.64. The van der Waals surface area contributed by atoms with E-state index in [-0.39, 0.29) is 5.54 Å². The highest BCUT2D eigenvalue weighted by molar-refractivity contribution is 14.1. The maximum absolute atomic E-state index is 2.39. The lowest BCUT2D eigenvalue weighted by Crippen LogP contribution is -2.22. The van der Waals surface area contributed by atoms with Gasteiger partial charge in [0.15, 0.2) is 0 Å². The molecular formula is C9H14IN. The van der Waals surface area contributed by atoms with Crippen LogP contribution in [0.2, 0.25) is 0 Å². The maximum atomic E-state index is 2.39. The Balaban J connectivity index is 3.15. The molecule has 62 valence electrons. The van der Waals surface area contributed by atoms with E-state index >= 15 is 0 Å². The molecule has 0 spiro atoms. The number of aromatic nitrogens is 1. The van der Waals surface area contributed by atoms with Crippen molar-refractivity contribution in [2.45, 2.75) is 33.2 Å². The molecule has 0 N–H and O–H groups in total. The van der Waals surface area contributed by atoms with Crippen molar-refractivity contribution in [3.63, 3.8) is 0 Å². The molecule has 0 unspecified atom stereocenters. The number of hydrogen-bond donors (Lipinski definition) is 0. The van der Waals surface area contributed by atoms with Gasteiger partial charge in [-0.25, -0.2) is 0 Å². The molecule has 0 radical (unpaired) electrons. The first-order valence-electron chi connectivity index (χ1n) is 3.77. The van der Waals surface area contributed by atoms with Crippen molar-refractivity contribution in [3.8, 4) is 0 Å². The molecule has 1 nitrogen and oxygen atoms in total. The van der Waals surface area contributed by atoms with Crippen molar-refractivity contribution in [2.24, 2.45) is 0 Å². The average Bonchev–Trinajstić information content (AvgIpc) is 2.11. The van der Waals surface area contributed by atoms with Crippen LogP contribution >= 0.6 is 22.6 Å². The molecule has 0 atom stereocenters. The molecule has 0 aromatic carbocycles. The molecule has 0 saturated carbocycles. The van der Waals surface area contributed by atoms with E-state index in [1.807, 2.05) is 0 Å². The summed E-state index contributed by atoms with van der Waals surface area (Å²) in [5, 5.41) is 0. The van der Waals surface area contributed by atoms with E-state index in [1.165, 1.54) is 9.26 Å². The molecule has 1 aromatic heterocycles. The summed E-state index contributed by atoms with van der Waals surface area (Å²) < 4.78 is 3.64. The molecule has 0 aliphatic carbocycles. The number of aryl methyl sites for hydroxylation is 1. The highest BCUT2D eigenvalue weighted by Crippen LogP contribution is 2.21. The summed E-state index contributed by atoms with van der Waals surface area (Å²) in [5.74, 6) is 0. The Morgan fingerprint density at radius 3 is 2.09 bits per heavy atom. The van der Waals surface area contributed by atoms with Crippen LogP contribution in [0, 0.1) is 10.6 Å². The standard InChI is InChI=1S/C9H14IN/c1-7-5-6-11(8(7)10)9(2,3)4/h5-6H,1-4H3. The van der Waals surface area contributed by atoms with E-state index in [9.17, 15) is 0 Å². The molecule has 0 aliphatic heterocycles. The van der Waals surface area contributed by atoms with Crippen molar-refractivity contribution in [3.05, 3.63) is 21.5 Å². The molecule has 0 bridgehead atoms. The molecule has 0 amide bonds. The number of nitrogens with zero attached hydrogens (tertiary/aromatic N) is 1. The predicted octanol–water partition coefficient (Wildman–Crippen LogP) is 3.16. The van der Waals surface area contributed by atoms with Gasteiger partial charge in [0.2, 0.25) is 0 Å². The quantitative estimate of drug-likeness (QED) is 0.634. The van der Waals surface area contributed by atoms with Crippen LogP contribution in [0.3, 0.4) is 0 Å². The fourth-order valence-electron chi connectivity index (χ4n) is 1.03. The highest BCUT2D eigenvalue weighted by atomic mass is 127. The molecule has 0 fully saturated rings. The van der Waals surface area contributed by atoms with Gasteiger partial charge in [-0.05, 0) is 61.9 Å². The number of halogens is 1. The first-order valence-corrected chi connectivity index (χ1v) is 4.85. The van der Waals surface area contributed by atoms with E-state index in [2.05, 4.69) is 67.1 Å². The van der Waals surface area contributed by atoms with Crippen molar-refractivity contribution in [1.82, 2.24) is 4.57 Å². The van der Waals surface area contributed by atoms with E-state index < -0.39 is 0 Å². The Hall–Kier alpha value is 0.01000. The fraction of sp³-hybridized carbons (Fsp3) is 0.556. The second-order valence-electron chi connectivity index (χ2n) is 3.83. The third kappa shape index (κ3) is 1.78. The second-order valence-corrected chi connectivity index (χ2v) is 4.85. The number of hydrogen-bond acceptors (Lipinski definition) is 0. The Morgan fingerprint density at radius 1 is 1.36 bits per heavy atom. The van der Waals surface area contributed by atoms with Gasteiger partial charge in [-0.1, -0.05) is 0 Å². The molecule has 2 heteroatoms. The summed E-state index contributed by atoms with van der Waals surface area (Å²) in [6, 6.07) is 2.16. The van der Waals surface area contributed by atoms with Gasteiger partial charge >= 0.3 is 0 Å². The van der Waals surface area contributed by atoms with E-state index in [1.54, 1.807) is 0 Å². The maximum Gasteiger partial charge on any atom is 0.0832 e. The summed E-state index contributed by atoms with van der Waals surface area (Å²) in [5.41, 5.74) is 1.57. The molecule has 1 heterocycles. The first-order chi connectivity index (χ1) is 4.93. The Morgan fingerprint density at radius 2 is 1.91 bits per heavy atom.